The van der Waals surface area contributed by atoms with Gasteiger partial charge in [-0.15, -0.1) is 0 Å². The fraction of sp³-hybridized carbons (Fsp3) is 1.00. The fourth-order valence-electron chi connectivity index (χ4n) is 0.341. The van der Waals surface area contributed by atoms with Gasteiger partial charge in [0.05, 0.1) is 0 Å². The van der Waals surface area contributed by atoms with Gasteiger partial charge in [0.15, 0.2) is 6.29 Å². The molecule has 0 bridgehead atoms. The average Bonchev–Trinajstić information content (AvgIpc) is 1.89. The molecule has 56 valence electrons. The molecule has 1 atom stereocenters. The van der Waals surface area contributed by atoms with Crippen LogP contribution in [0, 0.1) is 0 Å². The van der Waals surface area contributed by atoms with E-state index in [0.29, 0.717) is 6.42 Å². The van der Waals surface area contributed by atoms with Crippen molar-refractivity contribution in [3.63, 3.8) is 0 Å². The summed E-state index contributed by atoms with van der Waals surface area (Å²) in [5, 5.41) is 8.80. The molecule has 0 rings (SSSR count). The first-order valence-corrected chi connectivity index (χ1v) is 3.37. The zero-order valence-corrected chi connectivity index (χ0v) is 6.05. The molecule has 0 aliphatic carbocycles. The van der Waals surface area contributed by atoms with Gasteiger partial charge in [0, 0.05) is 6.54 Å². The second kappa shape index (κ2) is 6.01. The Morgan fingerprint density at radius 2 is 2.22 bits per heavy atom. The summed E-state index contributed by atoms with van der Waals surface area (Å²) in [6, 6.07) is 0. The minimum absolute atomic E-state index is 0.622. The highest BCUT2D eigenvalue weighted by molar-refractivity contribution is 4.32. The molecule has 3 heteroatoms. The number of nitrogens with one attached hydrogen (secondary N) is 1. The van der Waals surface area contributed by atoms with Crippen molar-refractivity contribution in [2.75, 3.05) is 6.54 Å². The predicted octanol–water partition coefficient (Wildman–Crippen LogP) is 0.646. The van der Waals surface area contributed by atoms with Crippen LogP contribution in [0.2, 0.25) is 0 Å². The number of hydrogen-bond acceptors (Lipinski definition) is 3. The lowest BCUT2D eigenvalue weighted by Crippen LogP contribution is -2.23. The van der Waals surface area contributed by atoms with Crippen molar-refractivity contribution < 1.29 is 9.94 Å². The molecular formula is C6H15NO2. The Labute approximate surface area is 56.0 Å². The highest BCUT2D eigenvalue weighted by Crippen LogP contribution is 1.87. The summed E-state index contributed by atoms with van der Waals surface area (Å²) in [4.78, 5) is 4.74. The van der Waals surface area contributed by atoms with Gasteiger partial charge in [-0.05, 0) is 12.8 Å². The maximum Gasteiger partial charge on any atom is 0.174 e. The van der Waals surface area contributed by atoms with Crippen LogP contribution in [0.15, 0.2) is 0 Å². The summed E-state index contributed by atoms with van der Waals surface area (Å²) in [6.07, 6.45) is 0.976. The van der Waals surface area contributed by atoms with Crippen LogP contribution in [-0.2, 0) is 4.84 Å². The topological polar surface area (TPSA) is 41.5 Å². The molecule has 1 unspecified atom stereocenters. The van der Waals surface area contributed by atoms with E-state index in [-0.39, 0.29) is 0 Å². The van der Waals surface area contributed by atoms with E-state index in [4.69, 9.17) is 9.94 Å². The Kier molecular flexibility index (Phi) is 5.93. The summed E-state index contributed by atoms with van der Waals surface area (Å²) in [7, 11) is 0. The van der Waals surface area contributed by atoms with Gasteiger partial charge in [-0.2, -0.15) is 5.48 Å². The van der Waals surface area contributed by atoms with Crippen LogP contribution >= 0.6 is 0 Å². The van der Waals surface area contributed by atoms with E-state index < -0.39 is 6.29 Å². The minimum Gasteiger partial charge on any atom is -0.366 e. The first-order chi connectivity index (χ1) is 4.31. The van der Waals surface area contributed by atoms with Crippen LogP contribution in [-0.4, -0.2) is 17.9 Å². The number of aliphatic hydroxyl groups is 1. The number of hydroxylamine groups is 1. The quantitative estimate of drug-likeness (QED) is 0.328. The summed E-state index contributed by atoms with van der Waals surface area (Å²) < 4.78 is 0. The molecule has 0 heterocycles. The lowest BCUT2D eigenvalue weighted by molar-refractivity contribution is -0.146. The van der Waals surface area contributed by atoms with Crippen LogP contribution in [0.3, 0.4) is 0 Å². The summed E-state index contributed by atoms with van der Waals surface area (Å²) >= 11 is 0. The van der Waals surface area contributed by atoms with Crippen molar-refractivity contribution in [1.82, 2.24) is 5.48 Å². The predicted molar refractivity (Wildman–Crippen MR) is 35.7 cm³/mol. The van der Waals surface area contributed by atoms with Gasteiger partial charge in [-0.1, -0.05) is 13.8 Å². The van der Waals surface area contributed by atoms with E-state index in [9.17, 15) is 0 Å². The molecule has 0 fully saturated rings. The van der Waals surface area contributed by atoms with Crippen molar-refractivity contribution in [1.29, 1.82) is 0 Å². The Balaban J connectivity index is 2.88. The Bertz CT molecular complexity index is 59.0. The molecule has 0 saturated heterocycles. The van der Waals surface area contributed by atoms with Crippen molar-refractivity contribution >= 4 is 0 Å². The maximum atomic E-state index is 8.80. The SMILES string of the molecule is CCCNOC(O)CC. The van der Waals surface area contributed by atoms with E-state index in [1.807, 2.05) is 13.8 Å². The van der Waals surface area contributed by atoms with Gasteiger partial charge in [-0.3, -0.25) is 4.84 Å². The van der Waals surface area contributed by atoms with Gasteiger partial charge in [0.2, 0.25) is 0 Å². The Morgan fingerprint density at radius 3 is 2.67 bits per heavy atom. The zero-order chi connectivity index (χ0) is 7.11. The van der Waals surface area contributed by atoms with Crippen molar-refractivity contribution in [3.05, 3.63) is 0 Å². The molecule has 0 aromatic rings. The summed E-state index contributed by atoms with van der Waals surface area (Å²) in [6.45, 7) is 4.68. The largest absolute Gasteiger partial charge is 0.366 e. The second-order valence-electron chi connectivity index (χ2n) is 1.88. The molecule has 9 heavy (non-hydrogen) atoms. The molecule has 0 saturated carbocycles. The third-order valence-electron chi connectivity index (χ3n) is 0.921. The number of rotatable bonds is 5. The third-order valence-corrected chi connectivity index (χ3v) is 0.921. The van der Waals surface area contributed by atoms with Crippen LogP contribution in [0.4, 0.5) is 0 Å². The second-order valence-corrected chi connectivity index (χ2v) is 1.88. The zero-order valence-electron chi connectivity index (χ0n) is 6.05. The van der Waals surface area contributed by atoms with E-state index in [0.717, 1.165) is 13.0 Å². The maximum absolute atomic E-state index is 8.80. The normalized spacial score (nSPS) is 13.7. The molecule has 0 aliphatic heterocycles. The van der Waals surface area contributed by atoms with Crippen LogP contribution in [0.5, 0.6) is 0 Å². The lowest BCUT2D eigenvalue weighted by Gasteiger charge is -2.08. The van der Waals surface area contributed by atoms with Crippen molar-refractivity contribution in [2.24, 2.45) is 0 Å². The Morgan fingerprint density at radius 1 is 1.56 bits per heavy atom. The fourth-order valence-corrected chi connectivity index (χ4v) is 0.341. The number of hydrogen-bond donors (Lipinski definition) is 2. The van der Waals surface area contributed by atoms with Crippen LogP contribution in [0.25, 0.3) is 0 Å². The van der Waals surface area contributed by atoms with Crippen molar-refractivity contribution in [2.45, 2.75) is 33.0 Å². The molecule has 0 aliphatic rings. The molecule has 0 radical (unpaired) electrons. The van der Waals surface area contributed by atoms with Gasteiger partial charge in [0.1, 0.15) is 0 Å². The monoisotopic (exact) mass is 133 g/mol. The molecule has 0 aromatic carbocycles. The standard InChI is InChI=1S/C6H15NO2/c1-3-5-7-9-6(8)4-2/h6-8H,3-5H2,1-2H3. The summed E-state index contributed by atoms with van der Waals surface area (Å²) in [5.74, 6) is 0. The molecule has 2 N–H and O–H groups in total. The molecular weight excluding hydrogens is 118 g/mol. The molecule has 0 aromatic heterocycles. The smallest absolute Gasteiger partial charge is 0.174 e. The van der Waals surface area contributed by atoms with E-state index in [1.165, 1.54) is 0 Å². The van der Waals surface area contributed by atoms with E-state index >= 15 is 0 Å². The molecule has 0 spiro atoms. The van der Waals surface area contributed by atoms with Gasteiger partial charge in [-0.25, -0.2) is 0 Å². The summed E-state index contributed by atoms with van der Waals surface area (Å²) in [5.41, 5.74) is 2.64. The lowest BCUT2D eigenvalue weighted by atomic mass is 10.5. The molecule has 3 nitrogen and oxygen atoms in total. The third kappa shape index (κ3) is 5.76. The minimum atomic E-state index is -0.656. The van der Waals surface area contributed by atoms with Crippen LogP contribution < -0.4 is 5.48 Å². The number of aliphatic hydroxyl groups excluding tert-OH is 1. The van der Waals surface area contributed by atoms with Gasteiger partial charge < -0.3 is 5.11 Å². The first-order valence-electron chi connectivity index (χ1n) is 3.37. The highest BCUT2D eigenvalue weighted by atomic mass is 16.7. The van der Waals surface area contributed by atoms with E-state index in [1.54, 1.807) is 0 Å². The highest BCUT2D eigenvalue weighted by Gasteiger charge is 1.96. The average molecular weight is 133 g/mol. The Hall–Kier alpha value is -0.120. The van der Waals surface area contributed by atoms with E-state index in [2.05, 4.69) is 5.48 Å². The van der Waals surface area contributed by atoms with Gasteiger partial charge in [0.25, 0.3) is 0 Å². The first kappa shape index (κ1) is 8.88. The van der Waals surface area contributed by atoms with Crippen molar-refractivity contribution in [3.8, 4) is 0 Å². The molecule has 0 amide bonds. The van der Waals surface area contributed by atoms with Crippen LogP contribution in [0.1, 0.15) is 26.7 Å². The van der Waals surface area contributed by atoms with Gasteiger partial charge >= 0.3 is 0 Å².